The Morgan fingerprint density at radius 2 is 2.00 bits per heavy atom. The van der Waals surface area contributed by atoms with E-state index in [0.717, 1.165) is 41.0 Å². The molecule has 0 amide bonds. The largest absolute Gasteiger partial charge is 0.497 e. The molecule has 26 heavy (non-hydrogen) atoms. The normalized spacial score (nSPS) is 11.0. The van der Waals surface area contributed by atoms with Crippen LogP contribution < -0.4 is 9.47 Å². The Balaban J connectivity index is 1.88. The summed E-state index contributed by atoms with van der Waals surface area (Å²) in [6, 6.07) is 10.1. The highest BCUT2D eigenvalue weighted by atomic mass is 79.9. The topological polar surface area (TPSA) is 47.0 Å². The monoisotopic (exact) mass is 419 g/mol. The van der Waals surface area contributed by atoms with Crippen molar-refractivity contribution in [2.45, 2.75) is 26.7 Å². The summed E-state index contributed by atoms with van der Waals surface area (Å²) in [4.78, 5) is 11.0. The van der Waals surface area contributed by atoms with Gasteiger partial charge in [-0.15, -0.1) is 0 Å². The lowest BCUT2D eigenvalue weighted by Crippen LogP contribution is -2.14. The van der Waals surface area contributed by atoms with E-state index in [-0.39, 0.29) is 0 Å². The Hall–Kier alpha value is -2.08. The number of ether oxygens (including phenoxy) is 2. The number of benzene rings is 1. The molecule has 2 rings (SSSR count). The lowest BCUT2D eigenvalue weighted by Gasteiger charge is -2.11. The van der Waals surface area contributed by atoms with Gasteiger partial charge in [-0.05, 0) is 66.4 Å². The van der Waals surface area contributed by atoms with Crippen molar-refractivity contribution in [1.29, 1.82) is 0 Å². The number of halogens is 1. The van der Waals surface area contributed by atoms with Gasteiger partial charge in [0.15, 0.2) is 0 Å². The minimum absolute atomic E-state index is 0.609. The van der Waals surface area contributed by atoms with E-state index in [1.54, 1.807) is 7.11 Å². The smallest absolute Gasteiger partial charge is 0.228 e. The molecule has 0 aliphatic heterocycles. The van der Waals surface area contributed by atoms with Crippen LogP contribution in [0.2, 0.25) is 0 Å². The van der Waals surface area contributed by atoms with Gasteiger partial charge in [0.2, 0.25) is 5.88 Å². The summed E-state index contributed by atoms with van der Waals surface area (Å²) in [6.45, 7) is 5.54. The van der Waals surface area contributed by atoms with Crippen molar-refractivity contribution in [2.24, 2.45) is 4.99 Å². The fraction of sp³-hybridized carbons (Fsp3) is 0.400. The fourth-order valence-corrected chi connectivity index (χ4v) is 2.68. The van der Waals surface area contributed by atoms with Gasteiger partial charge in [-0.2, -0.15) is 0 Å². The van der Waals surface area contributed by atoms with Gasteiger partial charge in [0.25, 0.3) is 0 Å². The molecule has 0 atom stereocenters. The number of nitrogens with zero attached hydrogens (tertiary/aromatic N) is 3. The molecule has 5 nitrogen and oxygen atoms in total. The fourth-order valence-electron chi connectivity index (χ4n) is 2.26. The highest BCUT2D eigenvalue weighted by molar-refractivity contribution is 9.10. The first-order chi connectivity index (χ1) is 12.5. The van der Waals surface area contributed by atoms with Gasteiger partial charge >= 0.3 is 0 Å². The minimum Gasteiger partial charge on any atom is -0.497 e. The standard InChI is InChI=1S/C20H26BrN3O2/c1-5-24(3)14-22-19-13-18(21)20(23-15(19)2)26-12-6-7-16-8-10-17(25-4)11-9-16/h8-11,13-14H,5-7,12H2,1-4H3. The molecule has 0 radical (unpaired) electrons. The van der Waals surface area contributed by atoms with Crippen LogP contribution in [0.5, 0.6) is 11.6 Å². The highest BCUT2D eigenvalue weighted by Crippen LogP contribution is 2.29. The molecule has 140 valence electrons. The molecule has 0 bridgehead atoms. The summed E-state index contributed by atoms with van der Waals surface area (Å²) >= 11 is 3.53. The Labute approximate surface area is 164 Å². The highest BCUT2D eigenvalue weighted by Gasteiger charge is 2.08. The van der Waals surface area contributed by atoms with Crippen molar-refractivity contribution < 1.29 is 9.47 Å². The second-order valence-electron chi connectivity index (χ2n) is 6.00. The molecule has 0 fully saturated rings. The molecule has 1 aromatic heterocycles. The second kappa shape index (κ2) is 10.2. The summed E-state index contributed by atoms with van der Waals surface area (Å²) in [5.41, 5.74) is 2.95. The van der Waals surface area contributed by atoms with Crippen LogP contribution in [0, 0.1) is 6.92 Å². The number of hydrogen-bond donors (Lipinski definition) is 0. The predicted molar refractivity (Wildman–Crippen MR) is 110 cm³/mol. The number of aliphatic imine (C=N–C) groups is 1. The van der Waals surface area contributed by atoms with Crippen LogP contribution in [0.15, 0.2) is 39.8 Å². The molecule has 0 spiro atoms. The predicted octanol–water partition coefficient (Wildman–Crippen LogP) is 4.78. The van der Waals surface area contributed by atoms with Crippen LogP contribution in [-0.4, -0.2) is 43.5 Å². The maximum absolute atomic E-state index is 5.84. The van der Waals surface area contributed by atoms with Gasteiger partial charge < -0.3 is 14.4 Å². The van der Waals surface area contributed by atoms with Gasteiger partial charge in [-0.1, -0.05) is 12.1 Å². The molecule has 2 aromatic rings. The molecule has 0 saturated heterocycles. The van der Waals surface area contributed by atoms with Crippen LogP contribution in [0.4, 0.5) is 5.69 Å². The lowest BCUT2D eigenvalue weighted by atomic mass is 10.1. The van der Waals surface area contributed by atoms with Crippen LogP contribution in [-0.2, 0) is 6.42 Å². The zero-order valence-corrected chi connectivity index (χ0v) is 17.4. The molecule has 0 aliphatic carbocycles. The van der Waals surface area contributed by atoms with E-state index in [9.17, 15) is 0 Å². The minimum atomic E-state index is 0.609. The van der Waals surface area contributed by atoms with E-state index in [1.165, 1.54) is 5.56 Å². The molecule has 0 unspecified atom stereocenters. The van der Waals surface area contributed by atoms with Gasteiger partial charge in [-0.25, -0.2) is 9.98 Å². The Bertz CT molecular complexity index is 733. The number of pyridine rings is 1. The molecular weight excluding hydrogens is 394 g/mol. The first-order valence-electron chi connectivity index (χ1n) is 8.70. The third-order valence-corrected chi connectivity index (χ3v) is 4.58. The second-order valence-corrected chi connectivity index (χ2v) is 6.85. The van der Waals surface area contributed by atoms with Crippen molar-refractivity contribution in [2.75, 3.05) is 27.3 Å². The Kier molecular flexibility index (Phi) is 7.91. The molecule has 1 aromatic carbocycles. The maximum Gasteiger partial charge on any atom is 0.228 e. The first kappa shape index (κ1) is 20.2. The summed E-state index contributed by atoms with van der Waals surface area (Å²) in [6.07, 6.45) is 3.68. The van der Waals surface area contributed by atoms with Gasteiger partial charge in [0, 0.05) is 13.6 Å². The van der Waals surface area contributed by atoms with Crippen LogP contribution >= 0.6 is 15.9 Å². The SMILES string of the molecule is CCN(C)C=Nc1cc(Br)c(OCCCc2ccc(OC)cc2)nc1C. The van der Waals surface area contributed by atoms with E-state index < -0.39 is 0 Å². The Morgan fingerprint density at radius 3 is 2.65 bits per heavy atom. The van der Waals surface area contributed by atoms with Crippen molar-refractivity contribution in [1.82, 2.24) is 9.88 Å². The number of methoxy groups -OCH3 is 1. The molecule has 0 saturated carbocycles. The number of aryl methyl sites for hydroxylation is 2. The summed E-state index contributed by atoms with van der Waals surface area (Å²) in [5, 5.41) is 0. The molecular formula is C20H26BrN3O2. The van der Waals surface area contributed by atoms with Crippen LogP contribution in [0.1, 0.15) is 24.6 Å². The van der Waals surface area contributed by atoms with E-state index >= 15 is 0 Å². The zero-order valence-electron chi connectivity index (χ0n) is 15.8. The summed E-state index contributed by atoms with van der Waals surface area (Å²) in [5.74, 6) is 1.49. The average molecular weight is 420 g/mol. The lowest BCUT2D eigenvalue weighted by molar-refractivity contribution is 0.297. The Morgan fingerprint density at radius 1 is 1.27 bits per heavy atom. The third kappa shape index (κ3) is 6.02. The molecule has 6 heteroatoms. The van der Waals surface area contributed by atoms with Gasteiger partial charge in [0.1, 0.15) is 5.75 Å². The molecule has 0 aliphatic rings. The summed E-state index contributed by atoms with van der Waals surface area (Å²) < 4.78 is 11.8. The van der Waals surface area contributed by atoms with E-state index in [1.807, 2.05) is 43.4 Å². The zero-order chi connectivity index (χ0) is 18.9. The van der Waals surface area contributed by atoms with Crippen LogP contribution in [0.3, 0.4) is 0 Å². The van der Waals surface area contributed by atoms with E-state index in [0.29, 0.717) is 12.5 Å². The first-order valence-corrected chi connectivity index (χ1v) is 9.50. The number of rotatable bonds is 9. The molecule has 0 N–H and O–H groups in total. The summed E-state index contributed by atoms with van der Waals surface area (Å²) in [7, 11) is 3.66. The van der Waals surface area contributed by atoms with Crippen LogP contribution in [0.25, 0.3) is 0 Å². The number of hydrogen-bond acceptors (Lipinski definition) is 4. The van der Waals surface area contributed by atoms with E-state index in [4.69, 9.17) is 9.47 Å². The number of aromatic nitrogens is 1. The maximum atomic E-state index is 5.84. The van der Waals surface area contributed by atoms with Gasteiger partial charge in [0.05, 0.1) is 35.9 Å². The van der Waals surface area contributed by atoms with Crippen molar-refractivity contribution in [3.05, 3.63) is 46.1 Å². The van der Waals surface area contributed by atoms with E-state index in [2.05, 4.69) is 45.0 Å². The molecule has 1 heterocycles. The quantitative estimate of drug-likeness (QED) is 0.333. The van der Waals surface area contributed by atoms with Crippen molar-refractivity contribution >= 4 is 28.0 Å². The third-order valence-electron chi connectivity index (χ3n) is 4.01. The van der Waals surface area contributed by atoms with Crippen molar-refractivity contribution in [3.8, 4) is 11.6 Å². The van der Waals surface area contributed by atoms with Crippen molar-refractivity contribution in [3.63, 3.8) is 0 Å². The van der Waals surface area contributed by atoms with Gasteiger partial charge in [-0.3, -0.25) is 0 Å². The average Bonchev–Trinajstić information content (AvgIpc) is 2.66.